The second-order valence-electron chi connectivity index (χ2n) is 5.76. The summed E-state index contributed by atoms with van der Waals surface area (Å²) >= 11 is 0. The summed E-state index contributed by atoms with van der Waals surface area (Å²) in [6.07, 6.45) is 3.33. The Morgan fingerprint density at radius 2 is 1.65 bits per heavy atom. The summed E-state index contributed by atoms with van der Waals surface area (Å²) in [6.45, 7) is 7.55. The molecule has 4 nitrogen and oxygen atoms in total. The molecule has 1 amide bonds. The summed E-state index contributed by atoms with van der Waals surface area (Å²) < 4.78 is 0. The average molecular weight is 332 g/mol. The van der Waals surface area contributed by atoms with E-state index < -0.39 is 0 Å². The van der Waals surface area contributed by atoms with Crippen LogP contribution in [0.2, 0.25) is 0 Å². The highest BCUT2D eigenvalue weighted by Crippen LogP contribution is 2.25. The van der Waals surface area contributed by atoms with Crippen molar-refractivity contribution >= 4 is 24.0 Å². The number of benzene rings is 1. The Balaban J connectivity index is 0.00000192. The number of pyridine rings is 1. The number of aryl methyl sites for hydroxylation is 2. The maximum atomic E-state index is 12.4. The lowest BCUT2D eigenvalue weighted by atomic mass is 10.1. The van der Waals surface area contributed by atoms with Gasteiger partial charge in [-0.3, -0.25) is 9.78 Å². The molecule has 3 rings (SSSR count). The maximum Gasteiger partial charge on any atom is 0.255 e. The third kappa shape index (κ3) is 3.64. The number of carbonyl (C=O) groups excluding carboxylic acids is 1. The normalized spacial score (nSPS) is 14.3. The van der Waals surface area contributed by atoms with Crippen LogP contribution in [-0.2, 0) is 0 Å². The minimum absolute atomic E-state index is 0. The number of rotatable bonds is 2. The van der Waals surface area contributed by atoms with Gasteiger partial charge in [0, 0.05) is 44.3 Å². The molecule has 2 aromatic rings. The summed E-state index contributed by atoms with van der Waals surface area (Å²) in [5.74, 6) is 0.0780. The molecule has 1 aliphatic rings. The molecule has 0 radical (unpaired) electrons. The number of amides is 1. The summed E-state index contributed by atoms with van der Waals surface area (Å²) in [5, 5.41) is 0. The van der Waals surface area contributed by atoms with Crippen molar-refractivity contribution in [1.82, 2.24) is 9.88 Å². The molecule has 1 aliphatic heterocycles. The fourth-order valence-electron chi connectivity index (χ4n) is 3.11. The Morgan fingerprint density at radius 3 is 2.22 bits per heavy atom. The van der Waals surface area contributed by atoms with Crippen LogP contribution in [0, 0.1) is 13.8 Å². The smallest absolute Gasteiger partial charge is 0.255 e. The summed E-state index contributed by atoms with van der Waals surface area (Å²) in [6, 6.07) is 10.0. The lowest BCUT2D eigenvalue weighted by Gasteiger charge is -2.37. The van der Waals surface area contributed by atoms with Crippen molar-refractivity contribution in [2.75, 3.05) is 31.1 Å². The van der Waals surface area contributed by atoms with Gasteiger partial charge in [-0.2, -0.15) is 0 Å². The van der Waals surface area contributed by atoms with E-state index in [1.54, 1.807) is 18.5 Å². The molecule has 0 N–H and O–H groups in total. The summed E-state index contributed by atoms with van der Waals surface area (Å²) in [7, 11) is 0. The van der Waals surface area contributed by atoms with Crippen molar-refractivity contribution in [1.29, 1.82) is 0 Å². The second-order valence-corrected chi connectivity index (χ2v) is 5.76. The fraction of sp³-hybridized carbons (Fsp3) is 0.333. The molecule has 1 fully saturated rings. The molecule has 2 heterocycles. The van der Waals surface area contributed by atoms with Crippen LogP contribution in [0.15, 0.2) is 42.7 Å². The number of nitrogens with zero attached hydrogens (tertiary/aromatic N) is 3. The summed E-state index contributed by atoms with van der Waals surface area (Å²) in [5.41, 5.74) is 4.58. The van der Waals surface area contributed by atoms with Crippen molar-refractivity contribution in [3.05, 3.63) is 59.4 Å². The van der Waals surface area contributed by atoms with Gasteiger partial charge in [0.25, 0.3) is 5.91 Å². The standard InChI is InChI=1S/C18H21N3O.ClH/c1-14-5-3-6-15(2)17(14)20-9-11-21(12-10-20)18(22)16-7-4-8-19-13-16;/h3-8,13H,9-12H2,1-2H3;1H. The number of para-hydroxylation sites is 1. The third-order valence-corrected chi connectivity index (χ3v) is 4.23. The number of piperazine rings is 1. The Kier molecular flexibility index (Phi) is 5.61. The number of hydrogen-bond donors (Lipinski definition) is 0. The molecule has 1 saturated heterocycles. The van der Waals surface area contributed by atoms with Gasteiger partial charge in [-0.15, -0.1) is 12.4 Å². The van der Waals surface area contributed by atoms with E-state index in [2.05, 4.69) is 41.9 Å². The number of hydrogen-bond acceptors (Lipinski definition) is 3. The molecular weight excluding hydrogens is 310 g/mol. The maximum absolute atomic E-state index is 12.4. The van der Waals surface area contributed by atoms with E-state index in [0.717, 1.165) is 26.2 Å². The highest BCUT2D eigenvalue weighted by atomic mass is 35.5. The SMILES string of the molecule is Cc1cccc(C)c1N1CCN(C(=O)c2cccnc2)CC1.Cl. The minimum atomic E-state index is 0. The molecular formula is C18H22ClN3O. The molecule has 5 heteroatoms. The molecule has 122 valence electrons. The molecule has 0 saturated carbocycles. The molecule has 23 heavy (non-hydrogen) atoms. The summed E-state index contributed by atoms with van der Waals surface area (Å²) in [4.78, 5) is 20.8. The first-order valence-corrected chi connectivity index (χ1v) is 7.67. The van der Waals surface area contributed by atoms with Crippen LogP contribution < -0.4 is 4.90 Å². The van der Waals surface area contributed by atoms with Crippen molar-refractivity contribution in [2.24, 2.45) is 0 Å². The second kappa shape index (κ2) is 7.47. The van der Waals surface area contributed by atoms with Crippen LogP contribution >= 0.6 is 12.4 Å². The van der Waals surface area contributed by atoms with Gasteiger partial charge >= 0.3 is 0 Å². The van der Waals surface area contributed by atoms with Gasteiger partial charge in [0.2, 0.25) is 0 Å². The topological polar surface area (TPSA) is 36.4 Å². The zero-order valence-corrected chi connectivity index (χ0v) is 14.3. The first-order chi connectivity index (χ1) is 10.7. The van der Waals surface area contributed by atoms with Gasteiger partial charge < -0.3 is 9.80 Å². The van der Waals surface area contributed by atoms with E-state index in [1.807, 2.05) is 11.0 Å². The molecule has 0 unspecified atom stereocenters. The van der Waals surface area contributed by atoms with E-state index in [4.69, 9.17) is 0 Å². The number of halogens is 1. The zero-order valence-electron chi connectivity index (χ0n) is 13.5. The Labute approximate surface area is 143 Å². The van der Waals surface area contributed by atoms with Gasteiger partial charge in [-0.25, -0.2) is 0 Å². The van der Waals surface area contributed by atoms with Crippen LogP contribution in [0.25, 0.3) is 0 Å². The first-order valence-electron chi connectivity index (χ1n) is 7.67. The Hall–Kier alpha value is -2.07. The predicted octanol–water partition coefficient (Wildman–Crippen LogP) is 3.08. The van der Waals surface area contributed by atoms with Crippen molar-refractivity contribution in [3.63, 3.8) is 0 Å². The van der Waals surface area contributed by atoms with Crippen LogP contribution in [0.4, 0.5) is 5.69 Å². The largest absolute Gasteiger partial charge is 0.368 e. The lowest BCUT2D eigenvalue weighted by Crippen LogP contribution is -2.49. The van der Waals surface area contributed by atoms with Gasteiger partial charge in [0.15, 0.2) is 0 Å². The minimum Gasteiger partial charge on any atom is -0.368 e. The van der Waals surface area contributed by atoms with Gasteiger partial charge in [0.05, 0.1) is 5.56 Å². The van der Waals surface area contributed by atoms with E-state index >= 15 is 0 Å². The highest BCUT2D eigenvalue weighted by molar-refractivity contribution is 5.94. The predicted molar refractivity (Wildman–Crippen MR) is 95.5 cm³/mol. The fourth-order valence-corrected chi connectivity index (χ4v) is 3.11. The molecule has 0 aliphatic carbocycles. The van der Waals surface area contributed by atoms with E-state index in [9.17, 15) is 4.79 Å². The quantitative estimate of drug-likeness (QED) is 0.848. The van der Waals surface area contributed by atoms with Gasteiger partial charge in [0.1, 0.15) is 0 Å². The van der Waals surface area contributed by atoms with E-state index in [0.29, 0.717) is 5.56 Å². The zero-order chi connectivity index (χ0) is 15.5. The average Bonchev–Trinajstić information content (AvgIpc) is 2.55. The van der Waals surface area contributed by atoms with E-state index in [-0.39, 0.29) is 18.3 Å². The number of carbonyl (C=O) groups is 1. The monoisotopic (exact) mass is 331 g/mol. The van der Waals surface area contributed by atoms with E-state index in [1.165, 1.54) is 16.8 Å². The van der Waals surface area contributed by atoms with Crippen molar-refractivity contribution in [2.45, 2.75) is 13.8 Å². The van der Waals surface area contributed by atoms with Crippen LogP contribution in [0.1, 0.15) is 21.5 Å². The van der Waals surface area contributed by atoms with Gasteiger partial charge in [-0.1, -0.05) is 18.2 Å². The number of aromatic nitrogens is 1. The number of anilines is 1. The third-order valence-electron chi connectivity index (χ3n) is 4.23. The van der Waals surface area contributed by atoms with Crippen LogP contribution in [-0.4, -0.2) is 42.0 Å². The van der Waals surface area contributed by atoms with Crippen LogP contribution in [0.5, 0.6) is 0 Å². The Bertz CT molecular complexity index is 647. The molecule has 0 spiro atoms. The van der Waals surface area contributed by atoms with Crippen molar-refractivity contribution in [3.8, 4) is 0 Å². The molecule has 0 bridgehead atoms. The molecule has 0 atom stereocenters. The molecule has 1 aromatic heterocycles. The first kappa shape index (κ1) is 17.3. The van der Waals surface area contributed by atoms with Crippen molar-refractivity contribution < 1.29 is 4.79 Å². The Morgan fingerprint density at radius 1 is 1.00 bits per heavy atom. The highest BCUT2D eigenvalue weighted by Gasteiger charge is 2.23. The van der Waals surface area contributed by atoms with Gasteiger partial charge in [-0.05, 0) is 37.1 Å². The lowest BCUT2D eigenvalue weighted by molar-refractivity contribution is 0.0746. The van der Waals surface area contributed by atoms with Crippen LogP contribution in [0.3, 0.4) is 0 Å². The molecule has 1 aromatic carbocycles.